The summed E-state index contributed by atoms with van der Waals surface area (Å²) in [4.78, 5) is 15.3. The fraction of sp³-hybridized carbons (Fsp3) is 0.263. The quantitative estimate of drug-likeness (QED) is 0.644. The van der Waals surface area contributed by atoms with Gasteiger partial charge in [-0.25, -0.2) is 9.78 Å². The summed E-state index contributed by atoms with van der Waals surface area (Å²) in [7, 11) is 1.27. The number of aromatic nitrogens is 2. The van der Waals surface area contributed by atoms with Gasteiger partial charge in [-0.2, -0.15) is 13.2 Å². The predicted molar refractivity (Wildman–Crippen MR) is 91.1 cm³/mol. The number of hydrogen-bond acceptors (Lipinski definition) is 3. The smallest absolute Gasteiger partial charge is 0.449 e. The van der Waals surface area contributed by atoms with Crippen LogP contribution in [0.4, 0.5) is 13.2 Å². The van der Waals surface area contributed by atoms with E-state index in [1.165, 1.54) is 19.2 Å². The van der Waals surface area contributed by atoms with Crippen LogP contribution >= 0.6 is 0 Å². The Balaban J connectivity index is 2.08. The Morgan fingerprint density at radius 1 is 1.12 bits per heavy atom. The van der Waals surface area contributed by atoms with Gasteiger partial charge in [0.25, 0.3) is 0 Å². The lowest BCUT2D eigenvalue weighted by Gasteiger charge is -2.12. The molecule has 0 spiro atoms. The standard InChI is InChI=1S/C19H17F3N2O2/c1-11-8-15-16(9-12(11)2)24(18(23-15)19(20,21)22)10-13-4-6-14(7-5-13)17(25)26-3/h4-9H,10H2,1-3H3. The molecule has 0 aliphatic carbocycles. The van der Waals surface area contributed by atoms with Gasteiger partial charge in [-0.15, -0.1) is 0 Å². The molecule has 26 heavy (non-hydrogen) atoms. The average Bonchev–Trinajstić information content (AvgIpc) is 2.93. The van der Waals surface area contributed by atoms with E-state index in [9.17, 15) is 18.0 Å². The molecule has 1 heterocycles. The van der Waals surface area contributed by atoms with Crippen LogP contribution in [-0.4, -0.2) is 22.6 Å². The largest absolute Gasteiger partial charge is 0.465 e. The number of alkyl halides is 3. The van der Waals surface area contributed by atoms with Crippen molar-refractivity contribution in [3.63, 3.8) is 0 Å². The van der Waals surface area contributed by atoms with Crippen LogP contribution in [0.15, 0.2) is 36.4 Å². The number of benzene rings is 2. The number of ether oxygens (including phenoxy) is 1. The van der Waals surface area contributed by atoms with E-state index < -0.39 is 18.0 Å². The number of hydrogen-bond donors (Lipinski definition) is 0. The second-order valence-corrected chi connectivity index (χ2v) is 6.13. The first kappa shape index (κ1) is 18.0. The highest BCUT2D eigenvalue weighted by molar-refractivity contribution is 5.89. The number of rotatable bonds is 3. The highest BCUT2D eigenvalue weighted by Crippen LogP contribution is 2.33. The second kappa shape index (κ2) is 6.48. The van der Waals surface area contributed by atoms with Gasteiger partial charge in [0.2, 0.25) is 5.82 Å². The minimum absolute atomic E-state index is 0.00467. The van der Waals surface area contributed by atoms with Gasteiger partial charge in [0, 0.05) is 6.54 Å². The molecule has 136 valence electrons. The predicted octanol–water partition coefficient (Wildman–Crippen LogP) is 4.51. The lowest BCUT2D eigenvalue weighted by atomic mass is 10.1. The number of esters is 1. The van der Waals surface area contributed by atoms with Gasteiger partial charge in [-0.3, -0.25) is 0 Å². The lowest BCUT2D eigenvalue weighted by molar-refractivity contribution is -0.146. The number of imidazole rings is 1. The first-order valence-electron chi connectivity index (χ1n) is 7.92. The fourth-order valence-electron chi connectivity index (χ4n) is 2.80. The van der Waals surface area contributed by atoms with E-state index in [0.717, 1.165) is 15.7 Å². The van der Waals surface area contributed by atoms with E-state index in [2.05, 4.69) is 9.72 Å². The maximum Gasteiger partial charge on any atom is 0.449 e. The zero-order valence-corrected chi connectivity index (χ0v) is 14.5. The van der Waals surface area contributed by atoms with Crippen LogP contribution < -0.4 is 0 Å². The lowest BCUT2D eigenvalue weighted by Crippen LogP contribution is -2.15. The summed E-state index contributed by atoms with van der Waals surface area (Å²) < 4.78 is 46.2. The zero-order valence-electron chi connectivity index (χ0n) is 14.5. The van der Waals surface area contributed by atoms with Crippen molar-refractivity contribution < 1.29 is 22.7 Å². The molecule has 0 bridgehead atoms. The average molecular weight is 362 g/mol. The Morgan fingerprint density at radius 3 is 2.31 bits per heavy atom. The molecule has 3 rings (SSSR count). The van der Waals surface area contributed by atoms with Crippen LogP contribution in [0.3, 0.4) is 0 Å². The monoisotopic (exact) mass is 362 g/mol. The maximum absolute atomic E-state index is 13.5. The topological polar surface area (TPSA) is 44.1 Å². The van der Waals surface area contributed by atoms with E-state index in [1.54, 1.807) is 24.3 Å². The van der Waals surface area contributed by atoms with Gasteiger partial charge in [-0.05, 0) is 54.8 Å². The Kier molecular flexibility index (Phi) is 4.48. The number of aryl methyl sites for hydroxylation is 2. The number of carbonyl (C=O) groups is 1. The first-order chi connectivity index (χ1) is 12.2. The van der Waals surface area contributed by atoms with Gasteiger partial charge >= 0.3 is 12.1 Å². The Hall–Kier alpha value is -2.83. The highest BCUT2D eigenvalue weighted by atomic mass is 19.4. The van der Waals surface area contributed by atoms with Gasteiger partial charge in [-0.1, -0.05) is 12.1 Å². The van der Waals surface area contributed by atoms with Crippen molar-refractivity contribution in [1.82, 2.24) is 9.55 Å². The molecule has 0 fully saturated rings. The van der Waals surface area contributed by atoms with Crippen LogP contribution in [0.1, 0.15) is 32.9 Å². The second-order valence-electron chi connectivity index (χ2n) is 6.13. The Labute approximate surface area is 148 Å². The molecule has 0 aliphatic heterocycles. The molecule has 0 atom stereocenters. The summed E-state index contributed by atoms with van der Waals surface area (Å²) in [6.07, 6.45) is -4.56. The molecule has 0 saturated heterocycles. The molecule has 0 aliphatic rings. The summed E-state index contributed by atoms with van der Waals surface area (Å²) in [6, 6.07) is 9.66. The van der Waals surface area contributed by atoms with Gasteiger partial charge in [0.1, 0.15) is 0 Å². The van der Waals surface area contributed by atoms with Crippen molar-refractivity contribution >= 4 is 17.0 Å². The molecule has 0 unspecified atom stereocenters. The van der Waals surface area contributed by atoms with Crippen molar-refractivity contribution in [2.24, 2.45) is 0 Å². The van der Waals surface area contributed by atoms with Crippen LogP contribution in [0.25, 0.3) is 11.0 Å². The van der Waals surface area contributed by atoms with Crippen LogP contribution in [0, 0.1) is 13.8 Å². The molecule has 0 radical (unpaired) electrons. The van der Waals surface area contributed by atoms with Crippen molar-refractivity contribution in [3.8, 4) is 0 Å². The normalized spacial score (nSPS) is 11.8. The molecule has 0 saturated carbocycles. The maximum atomic E-state index is 13.5. The Morgan fingerprint density at radius 2 is 1.73 bits per heavy atom. The van der Waals surface area contributed by atoms with E-state index in [0.29, 0.717) is 22.2 Å². The van der Waals surface area contributed by atoms with Crippen LogP contribution in [0.5, 0.6) is 0 Å². The summed E-state index contributed by atoms with van der Waals surface area (Å²) in [5.41, 5.74) is 3.49. The van der Waals surface area contributed by atoms with Crippen molar-refractivity contribution in [2.45, 2.75) is 26.6 Å². The molecular formula is C19H17F3N2O2. The third-order valence-electron chi connectivity index (χ3n) is 4.33. The van der Waals surface area contributed by atoms with E-state index in [4.69, 9.17) is 0 Å². The molecule has 2 aromatic carbocycles. The SMILES string of the molecule is COC(=O)c1ccc(Cn2c(C(F)(F)F)nc3cc(C)c(C)cc32)cc1. The minimum atomic E-state index is -4.56. The fourth-order valence-corrected chi connectivity index (χ4v) is 2.80. The minimum Gasteiger partial charge on any atom is -0.465 e. The molecule has 3 aromatic rings. The van der Waals surface area contributed by atoms with E-state index in [1.807, 2.05) is 13.8 Å². The van der Waals surface area contributed by atoms with E-state index in [-0.39, 0.29) is 6.54 Å². The summed E-state index contributed by atoms with van der Waals surface area (Å²) in [6.45, 7) is 3.69. The highest BCUT2D eigenvalue weighted by Gasteiger charge is 2.37. The molecule has 0 amide bonds. The molecule has 0 N–H and O–H groups in total. The van der Waals surface area contributed by atoms with Gasteiger partial charge < -0.3 is 9.30 Å². The van der Waals surface area contributed by atoms with Crippen molar-refractivity contribution in [3.05, 3.63) is 64.5 Å². The number of halogens is 3. The van der Waals surface area contributed by atoms with Crippen molar-refractivity contribution in [2.75, 3.05) is 7.11 Å². The summed E-state index contributed by atoms with van der Waals surface area (Å²) in [5.74, 6) is -1.43. The van der Waals surface area contributed by atoms with Gasteiger partial charge in [0.05, 0.1) is 23.7 Å². The van der Waals surface area contributed by atoms with E-state index >= 15 is 0 Å². The summed E-state index contributed by atoms with van der Waals surface area (Å²) in [5, 5.41) is 0. The zero-order chi connectivity index (χ0) is 19.1. The Bertz CT molecular complexity index is 973. The number of nitrogens with zero attached hydrogens (tertiary/aromatic N) is 2. The van der Waals surface area contributed by atoms with Crippen LogP contribution in [-0.2, 0) is 17.5 Å². The summed E-state index contributed by atoms with van der Waals surface area (Å²) >= 11 is 0. The first-order valence-corrected chi connectivity index (χ1v) is 7.92. The van der Waals surface area contributed by atoms with Crippen LogP contribution in [0.2, 0.25) is 0 Å². The molecular weight excluding hydrogens is 345 g/mol. The number of carbonyl (C=O) groups excluding carboxylic acids is 1. The molecule has 4 nitrogen and oxygen atoms in total. The third kappa shape index (κ3) is 3.29. The molecule has 1 aromatic heterocycles. The number of fused-ring (bicyclic) bond motifs is 1. The number of methoxy groups -OCH3 is 1. The third-order valence-corrected chi connectivity index (χ3v) is 4.33. The van der Waals surface area contributed by atoms with Gasteiger partial charge in [0.15, 0.2) is 0 Å². The molecule has 7 heteroatoms. The van der Waals surface area contributed by atoms with Crippen molar-refractivity contribution in [1.29, 1.82) is 0 Å².